The standard InChI is InChI=1S/C28H30N4OS/c1-22-11-8-9-16-25(22)32-26(21-24-14-6-3-7-15-24)30-31-28(32)34-20-10-17-27(33)29-19-18-23-12-4-2-5-13-23/h2-9,11-16H,10,17-21H2,1H3,(H,29,33). The van der Waals surface area contributed by atoms with Crippen LogP contribution in [0.2, 0.25) is 0 Å². The Bertz CT molecular complexity index is 1190. The van der Waals surface area contributed by atoms with Gasteiger partial charge in [0.25, 0.3) is 0 Å². The van der Waals surface area contributed by atoms with Crippen molar-refractivity contribution < 1.29 is 4.79 Å². The Labute approximate surface area is 205 Å². The lowest BCUT2D eigenvalue weighted by Gasteiger charge is -2.13. The van der Waals surface area contributed by atoms with Crippen LogP contribution in [0.25, 0.3) is 5.69 Å². The third kappa shape index (κ3) is 6.58. The van der Waals surface area contributed by atoms with Gasteiger partial charge in [0.2, 0.25) is 5.91 Å². The number of benzene rings is 3. The zero-order chi connectivity index (χ0) is 23.6. The number of thioether (sulfide) groups is 1. The van der Waals surface area contributed by atoms with Gasteiger partial charge in [0, 0.05) is 25.1 Å². The first kappa shape index (κ1) is 23.8. The Hall–Kier alpha value is -3.38. The molecule has 0 unspecified atom stereocenters. The number of aromatic nitrogens is 3. The number of para-hydroxylation sites is 1. The Kier molecular flexibility index (Phi) is 8.52. The molecule has 174 valence electrons. The van der Waals surface area contributed by atoms with E-state index in [2.05, 4.69) is 63.4 Å². The first-order valence-corrected chi connectivity index (χ1v) is 12.7. The van der Waals surface area contributed by atoms with Crippen molar-refractivity contribution in [1.82, 2.24) is 20.1 Å². The largest absolute Gasteiger partial charge is 0.356 e. The van der Waals surface area contributed by atoms with E-state index in [0.717, 1.165) is 35.3 Å². The van der Waals surface area contributed by atoms with Crippen LogP contribution in [0.15, 0.2) is 90.1 Å². The summed E-state index contributed by atoms with van der Waals surface area (Å²) in [7, 11) is 0. The van der Waals surface area contributed by atoms with Gasteiger partial charge in [-0.05, 0) is 42.5 Å². The highest BCUT2D eigenvalue weighted by Crippen LogP contribution is 2.26. The molecule has 0 saturated carbocycles. The maximum atomic E-state index is 12.2. The summed E-state index contributed by atoms with van der Waals surface area (Å²) in [6.45, 7) is 2.77. The third-order valence-electron chi connectivity index (χ3n) is 5.62. The number of nitrogens with one attached hydrogen (secondary N) is 1. The summed E-state index contributed by atoms with van der Waals surface area (Å²) in [5.74, 6) is 1.82. The molecule has 0 saturated heterocycles. The van der Waals surface area contributed by atoms with Crippen LogP contribution >= 0.6 is 11.8 Å². The molecule has 1 aromatic heterocycles. The van der Waals surface area contributed by atoms with E-state index in [1.165, 1.54) is 16.7 Å². The fourth-order valence-corrected chi connectivity index (χ4v) is 4.72. The number of hydrogen-bond donors (Lipinski definition) is 1. The van der Waals surface area contributed by atoms with E-state index in [0.29, 0.717) is 19.4 Å². The summed E-state index contributed by atoms with van der Waals surface area (Å²) in [6.07, 6.45) is 2.87. The minimum atomic E-state index is 0.0988. The topological polar surface area (TPSA) is 59.8 Å². The van der Waals surface area contributed by atoms with Crippen molar-refractivity contribution in [2.45, 2.75) is 37.8 Å². The van der Waals surface area contributed by atoms with Crippen LogP contribution in [0.3, 0.4) is 0 Å². The van der Waals surface area contributed by atoms with Gasteiger partial charge >= 0.3 is 0 Å². The fourth-order valence-electron chi connectivity index (χ4n) is 3.82. The van der Waals surface area contributed by atoms with Crippen LogP contribution in [0.4, 0.5) is 0 Å². The van der Waals surface area contributed by atoms with E-state index >= 15 is 0 Å². The molecule has 0 aliphatic rings. The van der Waals surface area contributed by atoms with Gasteiger partial charge in [0.1, 0.15) is 5.82 Å². The summed E-state index contributed by atoms with van der Waals surface area (Å²) >= 11 is 1.65. The lowest BCUT2D eigenvalue weighted by molar-refractivity contribution is -0.121. The molecule has 0 aliphatic heterocycles. The average molecular weight is 471 g/mol. The predicted molar refractivity (Wildman–Crippen MR) is 138 cm³/mol. The molecule has 0 aliphatic carbocycles. The second-order valence-corrected chi connectivity index (χ2v) is 9.28. The normalized spacial score (nSPS) is 10.9. The lowest BCUT2D eigenvalue weighted by atomic mass is 10.1. The Balaban J connectivity index is 1.34. The highest BCUT2D eigenvalue weighted by Gasteiger charge is 2.16. The van der Waals surface area contributed by atoms with Crippen molar-refractivity contribution >= 4 is 17.7 Å². The van der Waals surface area contributed by atoms with Crippen LogP contribution in [-0.2, 0) is 17.6 Å². The molecule has 3 aromatic carbocycles. The van der Waals surface area contributed by atoms with E-state index in [9.17, 15) is 4.79 Å². The third-order valence-corrected chi connectivity index (χ3v) is 6.64. The number of carbonyl (C=O) groups is 1. The first-order chi connectivity index (χ1) is 16.7. The Morgan fingerprint density at radius 2 is 1.56 bits per heavy atom. The van der Waals surface area contributed by atoms with Crippen LogP contribution in [0, 0.1) is 6.92 Å². The summed E-state index contributed by atoms with van der Waals surface area (Å²) in [5.41, 5.74) is 4.71. The number of carbonyl (C=O) groups excluding carboxylic acids is 1. The second-order valence-electron chi connectivity index (χ2n) is 8.22. The molecule has 0 fully saturated rings. The van der Waals surface area contributed by atoms with Crippen molar-refractivity contribution in [2.24, 2.45) is 0 Å². The molecule has 1 heterocycles. The van der Waals surface area contributed by atoms with E-state index in [4.69, 9.17) is 0 Å². The van der Waals surface area contributed by atoms with Crippen LogP contribution in [0.1, 0.15) is 35.4 Å². The number of aryl methyl sites for hydroxylation is 1. The van der Waals surface area contributed by atoms with Crippen molar-refractivity contribution in [3.05, 3.63) is 107 Å². The van der Waals surface area contributed by atoms with E-state index < -0.39 is 0 Å². The summed E-state index contributed by atoms with van der Waals surface area (Å²) in [6, 6.07) is 28.9. The Morgan fingerprint density at radius 1 is 0.882 bits per heavy atom. The molecule has 0 spiro atoms. The highest BCUT2D eigenvalue weighted by molar-refractivity contribution is 7.99. The van der Waals surface area contributed by atoms with Gasteiger partial charge in [-0.25, -0.2) is 0 Å². The van der Waals surface area contributed by atoms with Gasteiger partial charge in [-0.3, -0.25) is 9.36 Å². The second kappa shape index (κ2) is 12.2. The number of hydrogen-bond acceptors (Lipinski definition) is 4. The van der Waals surface area contributed by atoms with Gasteiger partial charge in [-0.15, -0.1) is 10.2 Å². The molecular weight excluding hydrogens is 440 g/mol. The van der Waals surface area contributed by atoms with Crippen LogP contribution in [0.5, 0.6) is 0 Å². The lowest BCUT2D eigenvalue weighted by Crippen LogP contribution is -2.25. The van der Waals surface area contributed by atoms with Crippen molar-refractivity contribution in [1.29, 1.82) is 0 Å². The van der Waals surface area contributed by atoms with Crippen molar-refractivity contribution in [3.63, 3.8) is 0 Å². The molecule has 1 amide bonds. The summed E-state index contributed by atoms with van der Waals surface area (Å²) in [4.78, 5) is 12.2. The molecular formula is C28H30N4OS. The van der Waals surface area contributed by atoms with Gasteiger partial charge in [-0.2, -0.15) is 0 Å². The molecule has 5 nitrogen and oxygen atoms in total. The molecule has 0 atom stereocenters. The van der Waals surface area contributed by atoms with Gasteiger partial charge in [0.15, 0.2) is 5.16 Å². The average Bonchev–Trinajstić information content (AvgIpc) is 3.25. The predicted octanol–water partition coefficient (Wildman–Crippen LogP) is 5.40. The molecule has 6 heteroatoms. The number of amides is 1. The minimum absolute atomic E-state index is 0.0988. The van der Waals surface area contributed by atoms with E-state index in [1.54, 1.807) is 11.8 Å². The van der Waals surface area contributed by atoms with Gasteiger partial charge < -0.3 is 5.32 Å². The smallest absolute Gasteiger partial charge is 0.220 e. The van der Waals surface area contributed by atoms with Crippen molar-refractivity contribution in [3.8, 4) is 5.69 Å². The minimum Gasteiger partial charge on any atom is -0.356 e. The number of rotatable bonds is 11. The maximum Gasteiger partial charge on any atom is 0.220 e. The summed E-state index contributed by atoms with van der Waals surface area (Å²) < 4.78 is 2.16. The van der Waals surface area contributed by atoms with Gasteiger partial charge in [0.05, 0.1) is 5.69 Å². The molecule has 0 bridgehead atoms. The molecule has 4 rings (SSSR count). The fraction of sp³-hybridized carbons (Fsp3) is 0.250. The van der Waals surface area contributed by atoms with Crippen LogP contribution < -0.4 is 5.32 Å². The van der Waals surface area contributed by atoms with Crippen molar-refractivity contribution in [2.75, 3.05) is 12.3 Å². The maximum absolute atomic E-state index is 12.2. The molecule has 0 radical (unpaired) electrons. The van der Waals surface area contributed by atoms with Gasteiger partial charge in [-0.1, -0.05) is 90.6 Å². The van der Waals surface area contributed by atoms with E-state index in [-0.39, 0.29) is 5.91 Å². The molecule has 4 aromatic rings. The number of nitrogens with zero attached hydrogens (tertiary/aromatic N) is 3. The zero-order valence-corrected chi connectivity index (χ0v) is 20.3. The van der Waals surface area contributed by atoms with E-state index in [1.807, 2.05) is 48.5 Å². The van der Waals surface area contributed by atoms with Crippen LogP contribution in [-0.4, -0.2) is 33.0 Å². The SMILES string of the molecule is Cc1ccccc1-n1c(Cc2ccccc2)nnc1SCCCC(=O)NCCc1ccccc1. The first-order valence-electron chi connectivity index (χ1n) is 11.7. The zero-order valence-electron chi connectivity index (χ0n) is 19.5. The quantitative estimate of drug-likeness (QED) is 0.236. The highest BCUT2D eigenvalue weighted by atomic mass is 32.2. The monoisotopic (exact) mass is 470 g/mol. The summed E-state index contributed by atoms with van der Waals surface area (Å²) in [5, 5.41) is 12.9. The molecule has 1 N–H and O–H groups in total. The Morgan fingerprint density at radius 3 is 2.29 bits per heavy atom. The molecule has 34 heavy (non-hydrogen) atoms.